The third kappa shape index (κ3) is 5.75. The van der Waals surface area contributed by atoms with Gasteiger partial charge in [0.25, 0.3) is 5.91 Å². The normalized spacial score (nSPS) is 11.6. The first-order chi connectivity index (χ1) is 12.1. The van der Waals surface area contributed by atoms with Crippen molar-refractivity contribution in [2.45, 2.75) is 39.2 Å². The summed E-state index contributed by atoms with van der Waals surface area (Å²) in [6.45, 7) is 3.88. The Bertz CT molecular complexity index is 680. The zero-order valence-corrected chi connectivity index (χ0v) is 14.8. The van der Waals surface area contributed by atoms with Crippen LogP contribution in [0, 0.1) is 0 Å². The molecule has 0 saturated carbocycles. The van der Waals surface area contributed by atoms with E-state index in [-0.39, 0.29) is 24.3 Å². The second-order valence-electron chi connectivity index (χ2n) is 5.91. The van der Waals surface area contributed by atoms with E-state index >= 15 is 0 Å². The predicted octanol–water partition coefficient (Wildman–Crippen LogP) is 4.32. The van der Waals surface area contributed by atoms with Crippen molar-refractivity contribution in [2.24, 2.45) is 0 Å². The minimum Gasteiger partial charge on any atom is -0.484 e. The van der Waals surface area contributed by atoms with Crippen LogP contribution in [0.3, 0.4) is 0 Å². The number of benzene rings is 2. The molecule has 1 unspecified atom stereocenters. The van der Waals surface area contributed by atoms with Crippen molar-refractivity contribution >= 4 is 11.7 Å². The molecule has 0 radical (unpaired) electrons. The van der Waals surface area contributed by atoms with Gasteiger partial charge < -0.3 is 10.1 Å². The van der Waals surface area contributed by atoms with Crippen molar-refractivity contribution < 1.29 is 14.3 Å². The van der Waals surface area contributed by atoms with E-state index in [0.717, 1.165) is 18.4 Å². The van der Waals surface area contributed by atoms with Gasteiger partial charge in [0.05, 0.1) is 6.04 Å². The molecular weight excluding hydrogens is 314 g/mol. The van der Waals surface area contributed by atoms with Crippen LogP contribution >= 0.6 is 0 Å². The van der Waals surface area contributed by atoms with Crippen LogP contribution in [0.25, 0.3) is 0 Å². The van der Waals surface area contributed by atoms with Gasteiger partial charge >= 0.3 is 0 Å². The first-order valence-corrected chi connectivity index (χ1v) is 8.74. The van der Waals surface area contributed by atoms with Crippen LogP contribution in [0.2, 0.25) is 0 Å². The molecule has 2 aromatic rings. The molecule has 4 nitrogen and oxygen atoms in total. The molecule has 0 aromatic heterocycles. The summed E-state index contributed by atoms with van der Waals surface area (Å²) < 4.78 is 5.53. The van der Waals surface area contributed by atoms with E-state index in [1.54, 1.807) is 24.3 Å². The second-order valence-corrected chi connectivity index (χ2v) is 5.91. The Balaban J connectivity index is 1.89. The van der Waals surface area contributed by atoms with Gasteiger partial charge in [-0.2, -0.15) is 0 Å². The summed E-state index contributed by atoms with van der Waals surface area (Å²) in [5, 5.41) is 3.03. The lowest BCUT2D eigenvalue weighted by Gasteiger charge is -2.18. The predicted molar refractivity (Wildman–Crippen MR) is 98.8 cm³/mol. The summed E-state index contributed by atoms with van der Waals surface area (Å²) in [6, 6.07) is 16.8. The lowest BCUT2D eigenvalue weighted by Crippen LogP contribution is -2.32. The fraction of sp³-hybridized carbons (Fsp3) is 0.333. The molecular formula is C21H25NO3. The Morgan fingerprint density at radius 1 is 1.00 bits per heavy atom. The van der Waals surface area contributed by atoms with Gasteiger partial charge in [0, 0.05) is 12.0 Å². The quantitative estimate of drug-likeness (QED) is 0.692. The molecule has 4 heteroatoms. The van der Waals surface area contributed by atoms with E-state index in [1.165, 1.54) is 0 Å². The van der Waals surface area contributed by atoms with Crippen LogP contribution in [-0.4, -0.2) is 18.3 Å². The van der Waals surface area contributed by atoms with E-state index in [4.69, 9.17) is 4.74 Å². The summed E-state index contributed by atoms with van der Waals surface area (Å²) >= 11 is 0. The Kier molecular flexibility index (Phi) is 7.20. The minimum absolute atomic E-state index is 0.00754. The van der Waals surface area contributed by atoms with Crippen LogP contribution < -0.4 is 10.1 Å². The zero-order chi connectivity index (χ0) is 18.1. The smallest absolute Gasteiger partial charge is 0.258 e. The highest BCUT2D eigenvalue weighted by Gasteiger charge is 2.14. The highest BCUT2D eigenvalue weighted by molar-refractivity contribution is 5.95. The molecule has 0 heterocycles. The number of carbonyl (C=O) groups is 2. The van der Waals surface area contributed by atoms with E-state index in [2.05, 4.69) is 12.2 Å². The van der Waals surface area contributed by atoms with E-state index in [9.17, 15) is 9.59 Å². The fourth-order valence-electron chi connectivity index (χ4n) is 2.62. The van der Waals surface area contributed by atoms with Gasteiger partial charge in [-0.1, -0.05) is 50.6 Å². The summed E-state index contributed by atoms with van der Waals surface area (Å²) in [6.07, 6.45) is 2.33. The molecule has 0 bridgehead atoms. The molecule has 2 rings (SSSR count). The van der Waals surface area contributed by atoms with Crippen molar-refractivity contribution in [3.8, 4) is 5.75 Å². The number of hydrogen-bond acceptors (Lipinski definition) is 3. The molecule has 1 amide bonds. The molecule has 0 fully saturated rings. The van der Waals surface area contributed by atoms with Crippen LogP contribution in [-0.2, 0) is 4.79 Å². The third-order valence-electron chi connectivity index (χ3n) is 3.98. The van der Waals surface area contributed by atoms with Gasteiger partial charge in [0.1, 0.15) is 5.75 Å². The summed E-state index contributed by atoms with van der Waals surface area (Å²) in [5.41, 5.74) is 1.76. The van der Waals surface area contributed by atoms with Crippen molar-refractivity contribution in [2.75, 3.05) is 6.61 Å². The number of rotatable bonds is 9. The Morgan fingerprint density at radius 2 is 1.68 bits per heavy atom. The molecule has 0 saturated heterocycles. The summed E-state index contributed by atoms with van der Waals surface area (Å²) in [4.78, 5) is 23.8. The lowest BCUT2D eigenvalue weighted by atomic mass is 10.0. The van der Waals surface area contributed by atoms with Gasteiger partial charge in [0.2, 0.25) is 0 Å². The number of nitrogens with one attached hydrogen (secondary N) is 1. The van der Waals surface area contributed by atoms with Crippen LogP contribution in [0.15, 0.2) is 54.6 Å². The largest absolute Gasteiger partial charge is 0.484 e. The average molecular weight is 339 g/mol. The van der Waals surface area contributed by atoms with Crippen LogP contribution in [0.4, 0.5) is 0 Å². The maximum Gasteiger partial charge on any atom is 0.258 e. The van der Waals surface area contributed by atoms with Gasteiger partial charge in [0.15, 0.2) is 12.4 Å². The molecule has 0 aliphatic heterocycles. The molecule has 1 N–H and O–H groups in total. The zero-order valence-electron chi connectivity index (χ0n) is 14.8. The fourth-order valence-corrected chi connectivity index (χ4v) is 2.62. The number of Topliss-reactive ketones (excluding diaryl/α,β-unsaturated/α-hetero) is 1. The first kappa shape index (κ1) is 18.7. The molecule has 132 valence electrons. The van der Waals surface area contributed by atoms with Gasteiger partial charge in [-0.25, -0.2) is 0 Å². The molecule has 0 aliphatic carbocycles. The number of amides is 1. The average Bonchev–Trinajstić information content (AvgIpc) is 2.66. The maximum absolute atomic E-state index is 12.2. The highest BCUT2D eigenvalue weighted by atomic mass is 16.5. The van der Waals surface area contributed by atoms with E-state index in [0.29, 0.717) is 17.7 Å². The minimum atomic E-state index is -0.156. The van der Waals surface area contributed by atoms with Gasteiger partial charge in [-0.15, -0.1) is 0 Å². The summed E-state index contributed by atoms with van der Waals surface area (Å²) in [7, 11) is 0. The number of hydrogen-bond donors (Lipinski definition) is 1. The summed E-state index contributed by atoms with van der Waals surface area (Å²) in [5.74, 6) is 0.514. The topological polar surface area (TPSA) is 55.4 Å². The van der Waals surface area contributed by atoms with Crippen LogP contribution in [0.1, 0.15) is 55.1 Å². The van der Waals surface area contributed by atoms with Crippen LogP contribution in [0.5, 0.6) is 5.75 Å². The standard InChI is InChI=1S/C21H25NO3/c1-3-8-19(16-9-6-5-7-10-16)22-21(24)15-25-18-13-11-17(12-14-18)20(23)4-2/h5-7,9-14,19H,3-4,8,15H2,1-2H3,(H,22,24). The lowest BCUT2D eigenvalue weighted by molar-refractivity contribution is -0.123. The monoisotopic (exact) mass is 339 g/mol. The molecule has 25 heavy (non-hydrogen) atoms. The van der Waals surface area contributed by atoms with Crippen molar-refractivity contribution in [3.05, 3.63) is 65.7 Å². The van der Waals surface area contributed by atoms with Crippen molar-refractivity contribution in [3.63, 3.8) is 0 Å². The second kappa shape index (κ2) is 9.62. The van der Waals surface area contributed by atoms with Crippen molar-refractivity contribution in [1.82, 2.24) is 5.32 Å². The molecule has 2 aromatic carbocycles. The van der Waals surface area contributed by atoms with E-state index < -0.39 is 0 Å². The SMILES string of the molecule is CCCC(NC(=O)COc1ccc(C(=O)CC)cc1)c1ccccc1. The third-order valence-corrected chi connectivity index (χ3v) is 3.98. The number of ketones is 1. The molecule has 0 aliphatic rings. The Labute approximate surface area is 149 Å². The van der Waals surface area contributed by atoms with Crippen molar-refractivity contribution in [1.29, 1.82) is 0 Å². The Hall–Kier alpha value is -2.62. The van der Waals surface area contributed by atoms with Gasteiger partial charge in [-0.3, -0.25) is 9.59 Å². The van der Waals surface area contributed by atoms with Gasteiger partial charge in [-0.05, 0) is 36.2 Å². The molecule has 1 atom stereocenters. The maximum atomic E-state index is 12.2. The first-order valence-electron chi connectivity index (χ1n) is 8.74. The number of ether oxygens (including phenoxy) is 1. The van der Waals surface area contributed by atoms with E-state index in [1.807, 2.05) is 37.3 Å². The molecule has 0 spiro atoms. The number of carbonyl (C=O) groups excluding carboxylic acids is 2. The Morgan fingerprint density at radius 3 is 2.28 bits per heavy atom. The highest BCUT2D eigenvalue weighted by Crippen LogP contribution is 2.18.